The van der Waals surface area contributed by atoms with Crippen LogP contribution in [0, 0.1) is 0 Å². The first-order chi connectivity index (χ1) is 16.8. The molecule has 0 unspecified atom stereocenters. The predicted octanol–water partition coefficient (Wildman–Crippen LogP) is 10.8. The zero-order chi connectivity index (χ0) is 24.1. The van der Waals surface area contributed by atoms with Gasteiger partial charge in [-0.25, -0.2) is 0 Å². The van der Waals surface area contributed by atoms with Gasteiger partial charge in [0.2, 0.25) is 0 Å². The second-order valence-corrected chi connectivity index (χ2v) is 9.53. The molecule has 2 nitrogen and oxygen atoms in total. The van der Waals surface area contributed by atoms with Crippen LogP contribution in [-0.4, -0.2) is 11.4 Å². The van der Waals surface area contributed by atoms with Gasteiger partial charge in [0.15, 0.2) is 0 Å². The fourth-order valence-electron chi connectivity index (χ4n) is 4.35. The summed E-state index contributed by atoms with van der Waals surface area (Å²) < 4.78 is 0. The first-order valence-electron chi connectivity index (χ1n) is 14.1. The minimum atomic E-state index is 1.01. The highest BCUT2D eigenvalue weighted by Crippen LogP contribution is 2.20. The second-order valence-electron chi connectivity index (χ2n) is 9.53. The van der Waals surface area contributed by atoms with Gasteiger partial charge in [0.1, 0.15) is 0 Å². The van der Waals surface area contributed by atoms with Crippen molar-refractivity contribution in [1.29, 1.82) is 0 Å². The van der Waals surface area contributed by atoms with Gasteiger partial charge in [-0.05, 0) is 49.9 Å². The van der Waals surface area contributed by atoms with Crippen molar-refractivity contribution < 1.29 is 0 Å². The molecule has 0 atom stereocenters. The van der Waals surface area contributed by atoms with Gasteiger partial charge in [-0.3, -0.25) is 9.98 Å². The first kappa shape index (κ1) is 28.0. The van der Waals surface area contributed by atoms with E-state index in [1.807, 2.05) is 0 Å². The summed E-state index contributed by atoms with van der Waals surface area (Å²) >= 11 is 0. The fourth-order valence-corrected chi connectivity index (χ4v) is 4.35. The van der Waals surface area contributed by atoms with Crippen LogP contribution in [0.1, 0.15) is 117 Å². The molecule has 0 saturated carbocycles. The number of unbranched alkanes of at least 4 members (excludes halogenated alkanes) is 12. The molecule has 0 N–H and O–H groups in total. The topological polar surface area (TPSA) is 24.7 Å². The van der Waals surface area contributed by atoms with Crippen molar-refractivity contribution in [3.8, 4) is 0 Å². The highest BCUT2D eigenvalue weighted by molar-refractivity contribution is 6.43. The molecule has 0 aliphatic heterocycles. The summed E-state index contributed by atoms with van der Waals surface area (Å²) in [5.41, 5.74) is 4.45. The van der Waals surface area contributed by atoms with E-state index in [2.05, 4.69) is 74.5 Å². The lowest BCUT2D eigenvalue weighted by atomic mass is 10.00. The van der Waals surface area contributed by atoms with Crippen molar-refractivity contribution in [3.05, 3.63) is 60.7 Å². The molecular formula is C32H48N2. The van der Waals surface area contributed by atoms with Gasteiger partial charge in [-0.15, -0.1) is 0 Å². The summed E-state index contributed by atoms with van der Waals surface area (Å²) in [5.74, 6) is 0. The van der Waals surface area contributed by atoms with E-state index in [1.54, 1.807) is 0 Å². The molecule has 0 amide bonds. The van der Waals surface area contributed by atoms with Crippen LogP contribution in [0.2, 0.25) is 0 Å². The van der Waals surface area contributed by atoms with E-state index < -0.39 is 0 Å². The molecule has 0 spiro atoms. The number of rotatable bonds is 19. The highest BCUT2D eigenvalue weighted by Gasteiger charge is 2.11. The Morgan fingerprint density at radius 1 is 0.441 bits per heavy atom. The Labute approximate surface area is 210 Å². The number of benzene rings is 2. The first-order valence-corrected chi connectivity index (χ1v) is 14.1. The normalized spacial score (nSPS) is 12.3. The number of para-hydroxylation sites is 2. The summed E-state index contributed by atoms with van der Waals surface area (Å²) in [6.07, 6.45) is 20.6. The minimum absolute atomic E-state index is 1.01. The predicted molar refractivity (Wildman–Crippen MR) is 152 cm³/mol. The van der Waals surface area contributed by atoms with Crippen molar-refractivity contribution in [1.82, 2.24) is 0 Å². The van der Waals surface area contributed by atoms with Crippen LogP contribution in [0.3, 0.4) is 0 Å². The van der Waals surface area contributed by atoms with E-state index >= 15 is 0 Å². The molecule has 0 aromatic heterocycles. The van der Waals surface area contributed by atoms with Gasteiger partial charge in [-0.2, -0.15) is 0 Å². The summed E-state index contributed by atoms with van der Waals surface area (Å²) in [4.78, 5) is 10.2. The molecule has 2 rings (SSSR count). The van der Waals surface area contributed by atoms with E-state index in [1.165, 1.54) is 101 Å². The molecular weight excluding hydrogens is 412 g/mol. The van der Waals surface area contributed by atoms with Crippen molar-refractivity contribution in [3.63, 3.8) is 0 Å². The molecule has 34 heavy (non-hydrogen) atoms. The van der Waals surface area contributed by atoms with Crippen LogP contribution in [0.4, 0.5) is 11.4 Å². The van der Waals surface area contributed by atoms with E-state index in [0.29, 0.717) is 0 Å². The van der Waals surface area contributed by atoms with Crippen molar-refractivity contribution in [2.75, 3.05) is 0 Å². The lowest BCUT2D eigenvalue weighted by Gasteiger charge is -2.12. The van der Waals surface area contributed by atoms with Crippen LogP contribution in [0.5, 0.6) is 0 Å². The molecule has 0 radical (unpaired) electrons. The zero-order valence-corrected chi connectivity index (χ0v) is 22.0. The maximum atomic E-state index is 5.12. The minimum Gasteiger partial charge on any atom is -0.252 e. The molecule has 2 heteroatoms. The molecule has 2 aromatic carbocycles. The number of hydrogen-bond donors (Lipinski definition) is 0. The maximum absolute atomic E-state index is 5.12. The van der Waals surface area contributed by atoms with Gasteiger partial charge in [-0.1, -0.05) is 127 Å². The SMILES string of the molecule is CCCCCCCCCCCCC(=Nc1ccccc1)C(CCCCCC)=Nc1ccccc1. The average molecular weight is 461 g/mol. The summed E-state index contributed by atoms with van der Waals surface area (Å²) in [6, 6.07) is 20.8. The third-order valence-electron chi connectivity index (χ3n) is 6.41. The van der Waals surface area contributed by atoms with Crippen molar-refractivity contribution in [2.24, 2.45) is 9.98 Å². The standard InChI is InChI=1S/C32H48N2/c1-3-5-7-9-10-11-12-13-14-22-28-32(34-30-25-19-16-20-26-30)31(27-21-8-6-4-2)33-29-23-17-15-18-24-29/h15-20,23-26H,3-14,21-22,27-28H2,1-2H3. The smallest absolute Gasteiger partial charge is 0.0633 e. The Morgan fingerprint density at radius 3 is 1.15 bits per heavy atom. The van der Waals surface area contributed by atoms with Crippen LogP contribution in [0.25, 0.3) is 0 Å². The molecule has 186 valence electrons. The molecule has 0 heterocycles. The monoisotopic (exact) mass is 460 g/mol. The number of hydrogen-bond acceptors (Lipinski definition) is 2. The number of nitrogens with zero attached hydrogens (tertiary/aromatic N) is 2. The van der Waals surface area contributed by atoms with E-state index in [4.69, 9.17) is 9.98 Å². The molecule has 0 fully saturated rings. The lowest BCUT2D eigenvalue weighted by Crippen LogP contribution is -2.14. The van der Waals surface area contributed by atoms with Crippen molar-refractivity contribution in [2.45, 2.75) is 117 Å². The third-order valence-corrected chi connectivity index (χ3v) is 6.41. The van der Waals surface area contributed by atoms with Crippen LogP contribution in [-0.2, 0) is 0 Å². The quantitative estimate of drug-likeness (QED) is 0.147. The Morgan fingerprint density at radius 2 is 0.765 bits per heavy atom. The Hall–Kier alpha value is -2.22. The Bertz CT molecular complexity index is 792. The highest BCUT2D eigenvalue weighted by atomic mass is 14.8. The average Bonchev–Trinajstić information content (AvgIpc) is 2.87. The van der Waals surface area contributed by atoms with Gasteiger partial charge in [0.05, 0.1) is 22.8 Å². The molecule has 0 aliphatic carbocycles. The molecule has 0 saturated heterocycles. The number of aliphatic imine (C=N–C) groups is 2. The van der Waals surface area contributed by atoms with Gasteiger partial charge < -0.3 is 0 Å². The van der Waals surface area contributed by atoms with Crippen LogP contribution >= 0.6 is 0 Å². The lowest BCUT2D eigenvalue weighted by molar-refractivity contribution is 0.559. The van der Waals surface area contributed by atoms with Gasteiger partial charge in [0.25, 0.3) is 0 Å². The Kier molecular flexibility index (Phi) is 15.8. The summed E-state index contributed by atoms with van der Waals surface area (Å²) in [5, 5.41) is 0. The summed E-state index contributed by atoms with van der Waals surface area (Å²) in [7, 11) is 0. The van der Waals surface area contributed by atoms with Crippen LogP contribution in [0.15, 0.2) is 70.6 Å². The third kappa shape index (κ3) is 12.9. The Balaban J connectivity index is 2.00. The van der Waals surface area contributed by atoms with Gasteiger partial charge >= 0.3 is 0 Å². The maximum Gasteiger partial charge on any atom is 0.0633 e. The van der Waals surface area contributed by atoms with E-state index in [0.717, 1.165) is 24.2 Å². The van der Waals surface area contributed by atoms with Crippen molar-refractivity contribution >= 4 is 22.8 Å². The molecule has 0 bridgehead atoms. The molecule has 2 aromatic rings. The largest absolute Gasteiger partial charge is 0.252 e. The second kappa shape index (κ2) is 19.1. The van der Waals surface area contributed by atoms with Gasteiger partial charge in [0, 0.05) is 0 Å². The van der Waals surface area contributed by atoms with E-state index in [9.17, 15) is 0 Å². The van der Waals surface area contributed by atoms with E-state index in [-0.39, 0.29) is 0 Å². The fraction of sp³-hybridized carbons (Fsp3) is 0.562. The summed E-state index contributed by atoms with van der Waals surface area (Å²) in [6.45, 7) is 4.56. The molecule has 0 aliphatic rings. The zero-order valence-electron chi connectivity index (χ0n) is 22.0. The van der Waals surface area contributed by atoms with Crippen LogP contribution < -0.4 is 0 Å².